The van der Waals surface area contributed by atoms with Crippen molar-refractivity contribution >= 4 is 8.80 Å². The normalized spacial score (nSPS) is 13.2. The fourth-order valence-electron chi connectivity index (χ4n) is 2.10. The van der Waals surface area contributed by atoms with Crippen LogP contribution in [-0.4, -0.2) is 61.2 Å². The third kappa shape index (κ3) is 8.03. The Hall–Kier alpha value is -0.803. The quantitative estimate of drug-likeness (QED) is 0.435. The lowest BCUT2D eigenvalue weighted by Gasteiger charge is -2.24. The lowest BCUT2D eigenvalue weighted by Crippen LogP contribution is -2.42. The molecule has 0 aromatic heterocycles. The first-order chi connectivity index (χ1) is 11.2. The summed E-state index contributed by atoms with van der Waals surface area (Å²) in [5, 5.41) is 9.81. The molecule has 7 heteroatoms. The minimum absolute atomic E-state index is 0.246. The zero-order chi connectivity index (χ0) is 17.0. The van der Waals surface area contributed by atoms with E-state index in [1.165, 1.54) is 0 Å². The Morgan fingerprint density at radius 1 is 0.957 bits per heavy atom. The lowest BCUT2D eigenvalue weighted by molar-refractivity contribution is -0.0237. The molecule has 6 nitrogen and oxygen atoms in total. The Bertz CT molecular complexity index is 391. The zero-order valence-corrected chi connectivity index (χ0v) is 15.2. The van der Waals surface area contributed by atoms with Crippen molar-refractivity contribution in [1.29, 1.82) is 0 Å². The van der Waals surface area contributed by atoms with Crippen LogP contribution in [0.4, 0.5) is 0 Å². The molecule has 1 N–H and O–H groups in total. The molecule has 0 bridgehead atoms. The summed E-state index contributed by atoms with van der Waals surface area (Å²) in [6, 6.07) is 10.5. The maximum atomic E-state index is 9.81. The van der Waals surface area contributed by atoms with Gasteiger partial charge in [-0.05, 0) is 12.0 Å². The van der Waals surface area contributed by atoms with Crippen LogP contribution in [0.1, 0.15) is 12.0 Å². The number of aliphatic hydroxyl groups excluding tert-OH is 1. The molecule has 23 heavy (non-hydrogen) atoms. The highest BCUT2D eigenvalue weighted by molar-refractivity contribution is 6.60. The first-order valence-electron chi connectivity index (χ1n) is 7.68. The zero-order valence-electron chi connectivity index (χ0n) is 14.2. The summed E-state index contributed by atoms with van der Waals surface area (Å²) in [5.74, 6) is 0. The van der Waals surface area contributed by atoms with Crippen molar-refractivity contribution in [2.75, 3.05) is 41.2 Å². The van der Waals surface area contributed by atoms with E-state index < -0.39 is 14.9 Å². The molecule has 0 saturated carbocycles. The molecule has 1 atom stereocenters. The van der Waals surface area contributed by atoms with Gasteiger partial charge >= 0.3 is 8.80 Å². The Morgan fingerprint density at radius 2 is 1.57 bits per heavy atom. The van der Waals surface area contributed by atoms with Crippen LogP contribution in [-0.2, 0) is 29.4 Å². The molecule has 1 unspecified atom stereocenters. The van der Waals surface area contributed by atoms with Gasteiger partial charge in [-0.3, -0.25) is 0 Å². The van der Waals surface area contributed by atoms with Gasteiger partial charge in [0.05, 0.1) is 19.8 Å². The van der Waals surface area contributed by atoms with Gasteiger partial charge < -0.3 is 27.9 Å². The molecular weight excluding hydrogens is 316 g/mol. The fraction of sp³-hybridized carbons (Fsp3) is 0.625. The number of aliphatic hydroxyl groups is 1. The molecule has 1 aromatic carbocycles. The minimum Gasteiger partial charge on any atom is -0.388 e. The van der Waals surface area contributed by atoms with Crippen LogP contribution < -0.4 is 0 Å². The van der Waals surface area contributed by atoms with E-state index >= 15 is 0 Å². The smallest absolute Gasteiger partial charge is 0.388 e. The number of ether oxygens (including phenoxy) is 2. The molecule has 0 aliphatic carbocycles. The van der Waals surface area contributed by atoms with E-state index in [0.717, 1.165) is 12.0 Å². The lowest BCUT2D eigenvalue weighted by atomic mass is 10.2. The minimum atomic E-state index is -2.52. The second-order valence-corrected chi connectivity index (χ2v) is 8.22. The molecule has 0 aliphatic heterocycles. The second-order valence-electron chi connectivity index (χ2n) is 5.13. The van der Waals surface area contributed by atoms with Gasteiger partial charge in [-0.15, -0.1) is 0 Å². The van der Waals surface area contributed by atoms with E-state index in [0.29, 0.717) is 19.3 Å². The topological polar surface area (TPSA) is 66.4 Å². The molecule has 1 aromatic rings. The average Bonchev–Trinajstić information content (AvgIpc) is 2.59. The van der Waals surface area contributed by atoms with Gasteiger partial charge in [0, 0.05) is 34.0 Å². The summed E-state index contributed by atoms with van der Waals surface area (Å²) in [7, 11) is 2.25. The van der Waals surface area contributed by atoms with Crippen molar-refractivity contribution in [3.8, 4) is 0 Å². The van der Waals surface area contributed by atoms with Crippen LogP contribution in [0.2, 0.25) is 6.04 Å². The summed E-state index contributed by atoms with van der Waals surface area (Å²) in [6.45, 7) is 1.50. The SMILES string of the molecule is CO[Si](CCCOCC(O)COCc1ccccc1)(OC)OC. The largest absolute Gasteiger partial charge is 0.500 e. The summed E-state index contributed by atoms with van der Waals surface area (Å²) < 4.78 is 26.9. The van der Waals surface area contributed by atoms with Gasteiger partial charge in [-0.1, -0.05) is 30.3 Å². The summed E-state index contributed by atoms with van der Waals surface area (Å²) in [6.07, 6.45) is 0.118. The van der Waals surface area contributed by atoms with Gasteiger partial charge in [0.2, 0.25) is 0 Å². The van der Waals surface area contributed by atoms with Crippen LogP contribution in [0, 0.1) is 0 Å². The van der Waals surface area contributed by atoms with Gasteiger partial charge in [0.15, 0.2) is 0 Å². The number of hydrogen-bond acceptors (Lipinski definition) is 6. The molecule has 0 spiro atoms. The molecule has 1 rings (SSSR count). The van der Waals surface area contributed by atoms with E-state index in [1.807, 2.05) is 30.3 Å². The Balaban J connectivity index is 2.06. The third-order valence-corrected chi connectivity index (χ3v) is 6.27. The van der Waals surface area contributed by atoms with Crippen LogP contribution in [0.5, 0.6) is 0 Å². The predicted octanol–water partition coefficient (Wildman–Crippen LogP) is 1.85. The molecule has 0 radical (unpaired) electrons. The molecule has 0 fully saturated rings. The monoisotopic (exact) mass is 344 g/mol. The Kier molecular flexibility index (Phi) is 10.3. The van der Waals surface area contributed by atoms with Crippen LogP contribution >= 0.6 is 0 Å². The van der Waals surface area contributed by atoms with E-state index in [9.17, 15) is 5.11 Å². The Labute approximate surface area is 139 Å². The molecule has 0 heterocycles. The summed E-state index contributed by atoms with van der Waals surface area (Å²) >= 11 is 0. The van der Waals surface area contributed by atoms with Crippen LogP contribution in [0.15, 0.2) is 30.3 Å². The summed E-state index contributed by atoms with van der Waals surface area (Å²) in [5.41, 5.74) is 1.08. The van der Waals surface area contributed by atoms with E-state index in [2.05, 4.69) is 0 Å². The standard InChI is InChI=1S/C16H28O6Si/c1-18-23(19-2,20-3)11-7-10-21-13-16(17)14-22-12-15-8-5-4-6-9-15/h4-6,8-9,16-17H,7,10-14H2,1-3H3. The van der Waals surface area contributed by atoms with E-state index in [1.54, 1.807) is 21.3 Å². The fourth-order valence-corrected chi connectivity index (χ4v) is 3.79. The second kappa shape index (κ2) is 11.7. The first-order valence-corrected chi connectivity index (χ1v) is 9.62. The van der Waals surface area contributed by atoms with Crippen molar-refractivity contribution in [2.24, 2.45) is 0 Å². The number of rotatable bonds is 13. The molecule has 0 amide bonds. The first kappa shape index (κ1) is 20.2. The van der Waals surface area contributed by atoms with Gasteiger partial charge in [-0.2, -0.15) is 0 Å². The molecule has 132 valence electrons. The van der Waals surface area contributed by atoms with Crippen LogP contribution in [0.3, 0.4) is 0 Å². The Morgan fingerprint density at radius 3 is 2.17 bits per heavy atom. The van der Waals surface area contributed by atoms with Gasteiger partial charge in [-0.25, -0.2) is 0 Å². The maximum absolute atomic E-state index is 9.81. The van der Waals surface area contributed by atoms with E-state index in [-0.39, 0.29) is 13.2 Å². The molecule has 0 aliphatic rings. The molecule has 0 saturated heterocycles. The van der Waals surface area contributed by atoms with Crippen LogP contribution in [0.25, 0.3) is 0 Å². The van der Waals surface area contributed by atoms with Gasteiger partial charge in [0.1, 0.15) is 6.10 Å². The molecular formula is C16H28O6Si. The highest BCUT2D eigenvalue weighted by atomic mass is 28.4. The van der Waals surface area contributed by atoms with Crippen molar-refractivity contribution in [1.82, 2.24) is 0 Å². The highest BCUT2D eigenvalue weighted by Gasteiger charge is 2.36. The van der Waals surface area contributed by atoms with E-state index in [4.69, 9.17) is 22.8 Å². The van der Waals surface area contributed by atoms with Crippen molar-refractivity contribution in [2.45, 2.75) is 25.2 Å². The predicted molar refractivity (Wildman–Crippen MR) is 89.1 cm³/mol. The van der Waals surface area contributed by atoms with Gasteiger partial charge in [0.25, 0.3) is 0 Å². The number of hydrogen-bond donors (Lipinski definition) is 1. The van der Waals surface area contributed by atoms with Crippen molar-refractivity contribution in [3.05, 3.63) is 35.9 Å². The number of benzene rings is 1. The van der Waals surface area contributed by atoms with Crippen molar-refractivity contribution in [3.63, 3.8) is 0 Å². The average molecular weight is 344 g/mol. The maximum Gasteiger partial charge on any atom is 0.500 e. The van der Waals surface area contributed by atoms with Crippen molar-refractivity contribution < 1.29 is 27.9 Å². The third-order valence-electron chi connectivity index (χ3n) is 3.44. The highest BCUT2D eigenvalue weighted by Crippen LogP contribution is 2.14. The summed E-state index contributed by atoms with van der Waals surface area (Å²) in [4.78, 5) is 0.